The number of alkyl halides is 1. The molecule has 0 bridgehead atoms. The standard InChI is InChI=1S/C14H9Cl2F3O/c1-20-12-3-2-8(15)6-9(12)13(16)7-4-10(17)14(19)11(18)5-7/h2-6,13H,1H3. The summed E-state index contributed by atoms with van der Waals surface area (Å²) in [5.74, 6) is -3.71. The predicted molar refractivity (Wildman–Crippen MR) is 72.0 cm³/mol. The number of halogens is 5. The van der Waals surface area contributed by atoms with Gasteiger partial charge in [0.25, 0.3) is 0 Å². The summed E-state index contributed by atoms with van der Waals surface area (Å²) in [5, 5.41) is -0.525. The van der Waals surface area contributed by atoms with E-state index in [1.165, 1.54) is 13.2 Å². The summed E-state index contributed by atoms with van der Waals surface area (Å²) < 4.78 is 44.6. The fraction of sp³-hybridized carbons (Fsp3) is 0.143. The second-order valence-corrected chi connectivity index (χ2v) is 4.92. The molecule has 0 aliphatic rings. The number of benzene rings is 2. The van der Waals surface area contributed by atoms with Gasteiger partial charge in [-0.3, -0.25) is 0 Å². The zero-order valence-corrected chi connectivity index (χ0v) is 11.8. The molecule has 0 saturated carbocycles. The molecule has 0 heterocycles. The van der Waals surface area contributed by atoms with Gasteiger partial charge in [0, 0.05) is 10.6 Å². The molecule has 0 spiro atoms. The van der Waals surface area contributed by atoms with E-state index in [4.69, 9.17) is 27.9 Å². The first-order valence-electron chi connectivity index (χ1n) is 5.56. The number of ether oxygens (including phenoxy) is 1. The first-order valence-corrected chi connectivity index (χ1v) is 6.37. The third-order valence-electron chi connectivity index (χ3n) is 2.76. The highest BCUT2D eigenvalue weighted by Gasteiger charge is 2.20. The van der Waals surface area contributed by atoms with Crippen molar-refractivity contribution in [2.75, 3.05) is 7.11 Å². The number of hydrogen-bond acceptors (Lipinski definition) is 1. The monoisotopic (exact) mass is 320 g/mol. The molecule has 0 aliphatic carbocycles. The van der Waals surface area contributed by atoms with E-state index in [-0.39, 0.29) is 5.56 Å². The lowest BCUT2D eigenvalue weighted by Crippen LogP contribution is -2.01. The van der Waals surface area contributed by atoms with Gasteiger partial charge in [-0.15, -0.1) is 11.6 Å². The maximum atomic E-state index is 13.2. The second-order valence-electron chi connectivity index (χ2n) is 4.05. The molecule has 0 aromatic heterocycles. The highest BCUT2D eigenvalue weighted by atomic mass is 35.5. The van der Waals surface area contributed by atoms with Gasteiger partial charge in [0.05, 0.1) is 12.5 Å². The summed E-state index contributed by atoms with van der Waals surface area (Å²) in [6, 6.07) is 6.40. The SMILES string of the molecule is COc1ccc(Cl)cc1C(Cl)c1cc(F)c(F)c(F)c1. The quantitative estimate of drug-likeness (QED) is 0.565. The average Bonchev–Trinajstić information content (AvgIpc) is 2.43. The van der Waals surface area contributed by atoms with Crippen molar-refractivity contribution >= 4 is 23.2 Å². The van der Waals surface area contributed by atoms with Gasteiger partial charge in [-0.1, -0.05) is 11.6 Å². The first-order chi connectivity index (χ1) is 9.43. The van der Waals surface area contributed by atoms with Crippen molar-refractivity contribution < 1.29 is 17.9 Å². The van der Waals surface area contributed by atoms with Gasteiger partial charge in [-0.25, -0.2) is 13.2 Å². The molecule has 0 aliphatic heterocycles. The van der Waals surface area contributed by atoms with E-state index in [0.29, 0.717) is 16.3 Å². The van der Waals surface area contributed by atoms with Gasteiger partial charge in [-0.2, -0.15) is 0 Å². The van der Waals surface area contributed by atoms with E-state index in [9.17, 15) is 13.2 Å². The Morgan fingerprint density at radius 1 is 1.05 bits per heavy atom. The Kier molecular flexibility index (Phi) is 4.45. The zero-order chi connectivity index (χ0) is 14.9. The minimum Gasteiger partial charge on any atom is -0.496 e. The normalized spacial score (nSPS) is 12.3. The lowest BCUT2D eigenvalue weighted by atomic mass is 10.0. The van der Waals surface area contributed by atoms with Gasteiger partial charge in [0.15, 0.2) is 17.5 Å². The van der Waals surface area contributed by atoms with E-state index in [1.807, 2.05) is 0 Å². The summed E-state index contributed by atoms with van der Waals surface area (Å²) in [5.41, 5.74) is 0.510. The van der Waals surface area contributed by atoms with Crippen molar-refractivity contribution in [3.63, 3.8) is 0 Å². The van der Waals surface area contributed by atoms with Gasteiger partial charge in [0.1, 0.15) is 5.75 Å². The van der Waals surface area contributed by atoms with Crippen molar-refractivity contribution in [1.29, 1.82) is 0 Å². The van der Waals surface area contributed by atoms with Crippen LogP contribution in [0.25, 0.3) is 0 Å². The Bertz CT molecular complexity index is 623. The fourth-order valence-corrected chi connectivity index (χ4v) is 2.28. The van der Waals surface area contributed by atoms with Crippen LogP contribution in [0.4, 0.5) is 13.2 Å². The Hall–Kier alpha value is -1.39. The summed E-state index contributed by atoms with van der Waals surface area (Å²) in [6.07, 6.45) is 0. The Morgan fingerprint density at radius 2 is 1.65 bits per heavy atom. The van der Waals surface area contributed by atoms with Crippen molar-refractivity contribution in [3.05, 3.63) is 63.9 Å². The molecule has 2 rings (SSSR count). The molecule has 1 nitrogen and oxygen atoms in total. The highest BCUT2D eigenvalue weighted by Crippen LogP contribution is 2.37. The third kappa shape index (κ3) is 2.86. The number of hydrogen-bond donors (Lipinski definition) is 0. The summed E-state index contributed by atoms with van der Waals surface area (Å²) in [7, 11) is 1.43. The molecule has 0 N–H and O–H groups in total. The highest BCUT2D eigenvalue weighted by molar-refractivity contribution is 6.31. The van der Waals surface area contributed by atoms with Crippen LogP contribution >= 0.6 is 23.2 Å². The van der Waals surface area contributed by atoms with E-state index >= 15 is 0 Å². The first kappa shape index (κ1) is 15.0. The third-order valence-corrected chi connectivity index (χ3v) is 3.49. The maximum absolute atomic E-state index is 13.2. The molecule has 1 unspecified atom stereocenters. The van der Waals surface area contributed by atoms with Crippen molar-refractivity contribution in [1.82, 2.24) is 0 Å². The van der Waals surface area contributed by atoms with Gasteiger partial charge in [0.2, 0.25) is 0 Å². The van der Waals surface area contributed by atoms with Crippen LogP contribution in [0.1, 0.15) is 16.5 Å². The van der Waals surface area contributed by atoms with E-state index in [0.717, 1.165) is 12.1 Å². The minimum atomic E-state index is -1.53. The molecule has 0 fully saturated rings. The molecule has 0 radical (unpaired) electrons. The minimum absolute atomic E-state index is 0.0728. The van der Waals surface area contributed by atoms with Crippen LogP contribution in [-0.2, 0) is 0 Å². The van der Waals surface area contributed by atoms with Gasteiger partial charge in [-0.05, 0) is 35.9 Å². The van der Waals surface area contributed by atoms with Crippen LogP contribution < -0.4 is 4.74 Å². The molecule has 0 amide bonds. The van der Waals surface area contributed by atoms with Crippen LogP contribution in [0.5, 0.6) is 5.75 Å². The lowest BCUT2D eigenvalue weighted by molar-refractivity contribution is 0.410. The fourth-order valence-electron chi connectivity index (χ4n) is 1.80. The molecule has 0 saturated heterocycles. The van der Waals surface area contributed by atoms with E-state index < -0.39 is 22.8 Å². The molecule has 20 heavy (non-hydrogen) atoms. The molecule has 6 heteroatoms. The van der Waals surface area contributed by atoms with Crippen LogP contribution in [0.3, 0.4) is 0 Å². The van der Waals surface area contributed by atoms with Crippen molar-refractivity contribution in [2.45, 2.75) is 5.38 Å². The summed E-state index contributed by atoms with van der Waals surface area (Å²) in [4.78, 5) is 0. The van der Waals surface area contributed by atoms with Crippen molar-refractivity contribution in [3.8, 4) is 5.75 Å². The maximum Gasteiger partial charge on any atom is 0.194 e. The van der Waals surface area contributed by atoms with Gasteiger partial charge >= 0.3 is 0 Å². The van der Waals surface area contributed by atoms with Gasteiger partial charge < -0.3 is 4.74 Å². The van der Waals surface area contributed by atoms with Crippen LogP contribution in [-0.4, -0.2) is 7.11 Å². The smallest absolute Gasteiger partial charge is 0.194 e. The molecule has 1 atom stereocenters. The Labute approximate surface area is 123 Å². The topological polar surface area (TPSA) is 9.23 Å². The Balaban J connectivity index is 2.51. The summed E-state index contributed by atoms with van der Waals surface area (Å²) >= 11 is 12.1. The summed E-state index contributed by atoms with van der Waals surface area (Å²) in [6.45, 7) is 0. The molecular formula is C14H9Cl2F3O. The van der Waals surface area contributed by atoms with E-state index in [1.54, 1.807) is 12.1 Å². The average molecular weight is 321 g/mol. The molecule has 106 valence electrons. The lowest BCUT2D eigenvalue weighted by Gasteiger charge is -2.15. The van der Waals surface area contributed by atoms with Crippen LogP contribution in [0.15, 0.2) is 30.3 Å². The second kappa shape index (κ2) is 5.94. The van der Waals surface area contributed by atoms with Crippen LogP contribution in [0, 0.1) is 17.5 Å². The molecular weight excluding hydrogens is 312 g/mol. The van der Waals surface area contributed by atoms with Crippen molar-refractivity contribution in [2.24, 2.45) is 0 Å². The number of methoxy groups -OCH3 is 1. The number of rotatable bonds is 3. The largest absolute Gasteiger partial charge is 0.496 e. The predicted octanol–water partition coefficient (Wildman–Crippen LogP) is 5.09. The van der Waals surface area contributed by atoms with E-state index in [2.05, 4.69) is 0 Å². The molecule has 2 aromatic carbocycles. The Morgan fingerprint density at radius 3 is 2.20 bits per heavy atom. The van der Waals surface area contributed by atoms with Crippen LogP contribution in [0.2, 0.25) is 5.02 Å². The molecule has 2 aromatic rings. The zero-order valence-electron chi connectivity index (χ0n) is 10.3.